The lowest BCUT2D eigenvalue weighted by molar-refractivity contribution is 0.0686. The number of nitrogens with two attached hydrogens (primary N) is 1. The van der Waals surface area contributed by atoms with E-state index in [4.69, 9.17) is 15.6 Å². The molecule has 0 atom stereocenters. The number of carbonyl (C=O) groups is 2. The van der Waals surface area contributed by atoms with Crippen molar-refractivity contribution >= 4 is 17.4 Å². The van der Waals surface area contributed by atoms with Gasteiger partial charge in [0.2, 0.25) is 0 Å². The van der Waals surface area contributed by atoms with Gasteiger partial charge in [0.1, 0.15) is 5.69 Å². The van der Waals surface area contributed by atoms with Crippen molar-refractivity contribution < 1.29 is 19.4 Å². The number of nitrogen functional groups attached to an aromatic ring is 1. The van der Waals surface area contributed by atoms with Crippen LogP contribution >= 0.6 is 0 Å². The van der Waals surface area contributed by atoms with Gasteiger partial charge in [-0.1, -0.05) is 6.07 Å². The van der Waals surface area contributed by atoms with E-state index < -0.39 is 5.97 Å². The van der Waals surface area contributed by atoms with Crippen LogP contribution in [-0.2, 0) is 7.05 Å². The molecule has 0 aliphatic rings. The van der Waals surface area contributed by atoms with Crippen molar-refractivity contribution in [3.8, 4) is 5.75 Å². The molecule has 2 aromatic rings. The van der Waals surface area contributed by atoms with E-state index in [9.17, 15) is 9.59 Å². The normalized spacial score (nSPS) is 10.3. The molecule has 0 aliphatic heterocycles. The fourth-order valence-electron chi connectivity index (χ4n) is 2.02. The number of hydrogen-bond donors (Lipinski definition) is 2. The molecular formula is C14H14N2O4. The zero-order chi connectivity index (χ0) is 14.9. The molecule has 0 saturated carbocycles. The van der Waals surface area contributed by atoms with Crippen LogP contribution in [0.25, 0.3) is 0 Å². The first-order chi connectivity index (χ1) is 9.45. The Balaban J connectivity index is 2.49. The van der Waals surface area contributed by atoms with Crippen molar-refractivity contribution in [1.29, 1.82) is 0 Å². The van der Waals surface area contributed by atoms with E-state index in [0.717, 1.165) is 0 Å². The largest absolute Gasteiger partial charge is 0.494 e. The Hall–Kier alpha value is -2.76. The number of benzene rings is 1. The number of carboxylic acid groups (broad SMARTS) is 1. The number of aryl methyl sites for hydroxylation is 1. The molecule has 0 bridgehead atoms. The van der Waals surface area contributed by atoms with Crippen molar-refractivity contribution in [3.63, 3.8) is 0 Å². The van der Waals surface area contributed by atoms with Crippen LogP contribution in [0.15, 0.2) is 30.5 Å². The zero-order valence-corrected chi connectivity index (χ0v) is 11.1. The summed E-state index contributed by atoms with van der Waals surface area (Å²) < 4.78 is 6.52. The molecule has 0 radical (unpaired) electrons. The summed E-state index contributed by atoms with van der Waals surface area (Å²) in [5.74, 6) is -1.14. The molecule has 3 N–H and O–H groups in total. The summed E-state index contributed by atoms with van der Waals surface area (Å²) in [6.07, 6.45) is 1.47. The molecule has 1 aromatic carbocycles. The minimum absolute atomic E-state index is 0.0382. The Morgan fingerprint density at radius 2 is 2.05 bits per heavy atom. The smallest absolute Gasteiger partial charge is 0.352 e. The van der Waals surface area contributed by atoms with E-state index >= 15 is 0 Å². The van der Waals surface area contributed by atoms with Gasteiger partial charge >= 0.3 is 5.97 Å². The van der Waals surface area contributed by atoms with Crippen molar-refractivity contribution in [1.82, 2.24) is 4.57 Å². The molecular weight excluding hydrogens is 260 g/mol. The van der Waals surface area contributed by atoms with Crippen LogP contribution in [0.4, 0.5) is 5.69 Å². The van der Waals surface area contributed by atoms with Gasteiger partial charge in [-0.2, -0.15) is 0 Å². The predicted octanol–water partition coefficient (Wildman–Crippen LogP) is 1.55. The number of hydrogen-bond acceptors (Lipinski definition) is 4. The minimum atomic E-state index is -1.09. The molecule has 20 heavy (non-hydrogen) atoms. The maximum absolute atomic E-state index is 12.4. The van der Waals surface area contributed by atoms with Crippen molar-refractivity contribution in [2.75, 3.05) is 12.8 Å². The molecule has 0 amide bonds. The Kier molecular flexibility index (Phi) is 3.47. The summed E-state index contributed by atoms with van der Waals surface area (Å²) in [5, 5.41) is 9.00. The number of para-hydroxylation sites is 1. The van der Waals surface area contributed by atoms with Crippen molar-refractivity contribution in [2.24, 2.45) is 7.05 Å². The molecule has 0 spiro atoms. The number of rotatable bonds is 4. The summed E-state index contributed by atoms with van der Waals surface area (Å²) in [7, 11) is 2.99. The topological polar surface area (TPSA) is 94.6 Å². The zero-order valence-electron chi connectivity index (χ0n) is 11.1. The van der Waals surface area contributed by atoms with Crippen LogP contribution in [0, 0.1) is 0 Å². The van der Waals surface area contributed by atoms with Gasteiger partial charge in [-0.05, 0) is 18.2 Å². The first-order valence-electron chi connectivity index (χ1n) is 5.82. The number of aromatic carboxylic acids is 1. The molecule has 104 valence electrons. The Morgan fingerprint density at radius 1 is 1.35 bits per heavy atom. The summed E-state index contributed by atoms with van der Waals surface area (Å²) in [6.45, 7) is 0. The number of aromatic nitrogens is 1. The van der Waals surface area contributed by atoms with E-state index in [2.05, 4.69) is 0 Å². The lowest BCUT2D eigenvalue weighted by Crippen LogP contribution is -2.05. The van der Waals surface area contributed by atoms with Gasteiger partial charge in [-0.25, -0.2) is 4.79 Å². The molecule has 1 aromatic heterocycles. The second kappa shape index (κ2) is 5.08. The van der Waals surface area contributed by atoms with Gasteiger partial charge in [0, 0.05) is 18.8 Å². The number of carboxylic acids is 1. The van der Waals surface area contributed by atoms with Crippen LogP contribution in [0.3, 0.4) is 0 Å². The fraction of sp³-hybridized carbons (Fsp3) is 0.143. The molecule has 0 aliphatic carbocycles. The average Bonchev–Trinajstić information content (AvgIpc) is 2.80. The van der Waals surface area contributed by atoms with Gasteiger partial charge in [-0.15, -0.1) is 0 Å². The number of anilines is 1. The predicted molar refractivity (Wildman–Crippen MR) is 73.2 cm³/mol. The Morgan fingerprint density at radius 3 is 2.60 bits per heavy atom. The van der Waals surface area contributed by atoms with Gasteiger partial charge in [0.05, 0.1) is 18.4 Å². The third-order valence-electron chi connectivity index (χ3n) is 2.98. The van der Waals surface area contributed by atoms with Crippen LogP contribution < -0.4 is 10.5 Å². The lowest BCUT2D eigenvalue weighted by atomic mass is 10.0. The molecule has 2 rings (SSSR count). The fourth-order valence-corrected chi connectivity index (χ4v) is 2.02. The molecule has 0 fully saturated rings. The van der Waals surface area contributed by atoms with Crippen LogP contribution in [0.1, 0.15) is 26.4 Å². The second-order valence-electron chi connectivity index (χ2n) is 4.29. The van der Waals surface area contributed by atoms with Crippen LogP contribution in [-0.4, -0.2) is 28.5 Å². The maximum atomic E-state index is 12.4. The van der Waals surface area contributed by atoms with Crippen molar-refractivity contribution in [2.45, 2.75) is 0 Å². The highest BCUT2D eigenvalue weighted by Crippen LogP contribution is 2.28. The first kappa shape index (κ1) is 13.7. The standard InChI is InChI=1S/C14H14N2O4/c1-16-7-8(6-11(16)14(18)19)12(17)9-4-3-5-10(15)13(9)20-2/h3-7H,15H2,1-2H3,(H,18,19). The van der Waals surface area contributed by atoms with E-state index in [-0.39, 0.29) is 17.0 Å². The van der Waals surface area contributed by atoms with Crippen LogP contribution in [0.5, 0.6) is 5.75 Å². The van der Waals surface area contributed by atoms with E-state index in [0.29, 0.717) is 17.0 Å². The van der Waals surface area contributed by atoms with Crippen LogP contribution in [0.2, 0.25) is 0 Å². The summed E-state index contributed by atoms with van der Waals surface area (Å²) >= 11 is 0. The Bertz CT molecular complexity index is 688. The SMILES string of the molecule is COc1c(N)cccc1C(=O)c1cc(C(=O)O)n(C)c1. The van der Waals surface area contributed by atoms with Gasteiger partial charge in [0.15, 0.2) is 11.5 Å². The lowest BCUT2D eigenvalue weighted by Gasteiger charge is -2.09. The molecule has 6 heteroatoms. The van der Waals surface area contributed by atoms with Gasteiger partial charge < -0.3 is 20.1 Å². The molecule has 6 nitrogen and oxygen atoms in total. The minimum Gasteiger partial charge on any atom is -0.494 e. The highest BCUT2D eigenvalue weighted by Gasteiger charge is 2.20. The summed E-state index contributed by atoms with van der Waals surface area (Å²) in [5.41, 5.74) is 6.72. The van der Waals surface area contributed by atoms with Crippen molar-refractivity contribution in [3.05, 3.63) is 47.3 Å². The Labute approximate surface area is 115 Å². The average molecular weight is 274 g/mol. The van der Waals surface area contributed by atoms with Gasteiger partial charge in [0.25, 0.3) is 0 Å². The third-order valence-corrected chi connectivity index (χ3v) is 2.98. The third kappa shape index (κ3) is 2.23. The number of methoxy groups -OCH3 is 1. The number of nitrogens with zero attached hydrogens (tertiary/aromatic N) is 1. The molecule has 1 heterocycles. The van der Waals surface area contributed by atoms with E-state index in [1.165, 1.54) is 23.9 Å². The number of ketones is 1. The number of ether oxygens (including phenoxy) is 1. The van der Waals surface area contributed by atoms with Gasteiger partial charge in [-0.3, -0.25) is 4.79 Å². The second-order valence-corrected chi connectivity index (χ2v) is 4.29. The molecule has 0 saturated heterocycles. The highest BCUT2D eigenvalue weighted by atomic mass is 16.5. The first-order valence-corrected chi connectivity index (χ1v) is 5.82. The molecule has 0 unspecified atom stereocenters. The quantitative estimate of drug-likeness (QED) is 0.651. The van der Waals surface area contributed by atoms with E-state index in [1.807, 2.05) is 0 Å². The number of carbonyl (C=O) groups excluding carboxylic acids is 1. The highest BCUT2D eigenvalue weighted by molar-refractivity contribution is 6.12. The summed E-state index contributed by atoms with van der Waals surface area (Å²) in [4.78, 5) is 23.4. The van der Waals surface area contributed by atoms with E-state index in [1.54, 1.807) is 25.2 Å². The summed E-state index contributed by atoms with van der Waals surface area (Å²) in [6, 6.07) is 6.19. The monoisotopic (exact) mass is 274 g/mol. The maximum Gasteiger partial charge on any atom is 0.352 e.